The number of anilines is 2. The van der Waals surface area contributed by atoms with Crippen molar-refractivity contribution in [2.45, 2.75) is 17.7 Å². The summed E-state index contributed by atoms with van der Waals surface area (Å²) in [5.41, 5.74) is 0.720. The van der Waals surface area contributed by atoms with Crippen molar-refractivity contribution in [1.29, 1.82) is 0 Å². The van der Waals surface area contributed by atoms with E-state index in [2.05, 4.69) is 4.72 Å². The van der Waals surface area contributed by atoms with Crippen LogP contribution >= 0.6 is 0 Å². The van der Waals surface area contributed by atoms with Gasteiger partial charge in [0, 0.05) is 12.2 Å². The van der Waals surface area contributed by atoms with E-state index >= 15 is 0 Å². The Morgan fingerprint density at radius 3 is 2.41 bits per heavy atom. The number of nitrogens with one attached hydrogen (secondary N) is 1. The van der Waals surface area contributed by atoms with Crippen LogP contribution in [0.1, 0.15) is 12.8 Å². The molecule has 0 amide bonds. The molecule has 0 saturated carbocycles. The van der Waals surface area contributed by atoms with Gasteiger partial charge in [-0.3, -0.25) is 9.03 Å². The third kappa shape index (κ3) is 4.16. The Morgan fingerprint density at radius 1 is 1.11 bits per heavy atom. The lowest BCUT2D eigenvalue weighted by molar-refractivity contribution is 0.385. The van der Waals surface area contributed by atoms with Crippen LogP contribution in [-0.2, 0) is 20.0 Å². The lowest BCUT2D eigenvalue weighted by Crippen LogP contribution is -2.37. The van der Waals surface area contributed by atoms with Crippen molar-refractivity contribution in [1.82, 2.24) is 0 Å². The molecule has 0 bridgehead atoms. The summed E-state index contributed by atoms with van der Waals surface area (Å²) in [4.78, 5) is -0.247. The number of sulfonamides is 2. The summed E-state index contributed by atoms with van der Waals surface area (Å²) in [5, 5.41) is 0. The molecule has 1 aliphatic rings. The zero-order valence-corrected chi connectivity index (χ0v) is 16.2. The van der Waals surface area contributed by atoms with Gasteiger partial charge in [0.15, 0.2) is 11.6 Å². The summed E-state index contributed by atoms with van der Waals surface area (Å²) in [6.45, 7) is 0.401. The molecule has 0 radical (unpaired) electrons. The second-order valence-corrected chi connectivity index (χ2v) is 9.74. The Bertz CT molecular complexity index is 1040. The number of hydrogen-bond donors (Lipinski definition) is 1. The van der Waals surface area contributed by atoms with E-state index in [0.717, 1.165) is 12.5 Å². The van der Waals surface area contributed by atoms with E-state index in [0.29, 0.717) is 18.7 Å². The number of halogens is 1. The maximum atomic E-state index is 13.8. The quantitative estimate of drug-likeness (QED) is 0.812. The van der Waals surface area contributed by atoms with Crippen molar-refractivity contribution >= 4 is 31.4 Å². The van der Waals surface area contributed by atoms with Gasteiger partial charge in [-0.15, -0.1) is 0 Å². The summed E-state index contributed by atoms with van der Waals surface area (Å²) in [7, 11) is -6.05. The van der Waals surface area contributed by atoms with Crippen LogP contribution in [-0.4, -0.2) is 36.2 Å². The average Bonchev–Trinajstić information content (AvgIpc) is 2.62. The van der Waals surface area contributed by atoms with Crippen molar-refractivity contribution in [3.8, 4) is 5.75 Å². The van der Waals surface area contributed by atoms with Gasteiger partial charge in [-0.25, -0.2) is 21.2 Å². The highest BCUT2D eigenvalue weighted by Crippen LogP contribution is 2.26. The smallest absolute Gasteiger partial charge is 0.262 e. The van der Waals surface area contributed by atoms with Crippen LogP contribution in [0.15, 0.2) is 47.4 Å². The van der Waals surface area contributed by atoms with Crippen molar-refractivity contribution in [2.24, 2.45) is 0 Å². The number of hydrogen-bond acceptors (Lipinski definition) is 5. The molecule has 0 aliphatic carbocycles. The Balaban J connectivity index is 1.80. The molecule has 0 unspecified atom stereocenters. The number of nitrogens with zero attached hydrogens (tertiary/aromatic N) is 1. The van der Waals surface area contributed by atoms with Gasteiger partial charge in [0.05, 0.1) is 23.4 Å². The van der Waals surface area contributed by atoms with E-state index in [4.69, 9.17) is 4.74 Å². The highest BCUT2D eigenvalue weighted by atomic mass is 32.2. The zero-order chi connectivity index (χ0) is 19.7. The molecule has 3 rings (SSSR count). The average molecular weight is 414 g/mol. The Kier molecular flexibility index (Phi) is 5.29. The van der Waals surface area contributed by atoms with Gasteiger partial charge in [0.25, 0.3) is 10.0 Å². The van der Waals surface area contributed by atoms with Crippen molar-refractivity contribution in [2.75, 3.05) is 28.4 Å². The third-order valence-corrected chi connectivity index (χ3v) is 7.44. The molecule has 0 spiro atoms. The van der Waals surface area contributed by atoms with E-state index in [1.165, 1.54) is 47.8 Å². The standard InChI is InChI=1S/C17H19FN2O5S2/c1-25-17-9-8-15(12-16(17)18)27(23,24)19-13-4-6-14(7-5-13)20-10-2-3-11-26(20,21)22/h4-9,12,19H,2-3,10-11H2,1H3. The molecule has 1 N–H and O–H groups in total. The van der Waals surface area contributed by atoms with Gasteiger partial charge in [0.2, 0.25) is 10.0 Å². The molecule has 2 aromatic carbocycles. The summed E-state index contributed by atoms with van der Waals surface area (Å²) in [6.07, 6.45) is 1.41. The molecule has 2 aromatic rings. The summed E-state index contributed by atoms with van der Waals surface area (Å²) in [6, 6.07) is 9.35. The van der Waals surface area contributed by atoms with Gasteiger partial charge < -0.3 is 4.74 Å². The first-order chi connectivity index (χ1) is 12.7. The van der Waals surface area contributed by atoms with Crippen LogP contribution in [0.3, 0.4) is 0 Å². The van der Waals surface area contributed by atoms with Gasteiger partial charge in [-0.05, 0) is 55.3 Å². The van der Waals surface area contributed by atoms with Gasteiger partial charge in [-0.2, -0.15) is 0 Å². The van der Waals surface area contributed by atoms with Gasteiger partial charge in [0.1, 0.15) is 0 Å². The summed E-state index contributed by atoms with van der Waals surface area (Å²) < 4.78 is 71.3. The van der Waals surface area contributed by atoms with E-state index in [1.54, 1.807) is 0 Å². The second-order valence-electron chi connectivity index (χ2n) is 6.04. The maximum absolute atomic E-state index is 13.8. The lowest BCUT2D eigenvalue weighted by Gasteiger charge is -2.28. The van der Waals surface area contributed by atoms with Crippen molar-refractivity contribution in [3.63, 3.8) is 0 Å². The minimum atomic E-state index is -4.00. The molecule has 1 saturated heterocycles. The second kappa shape index (κ2) is 7.35. The fraction of sp³-hybridized carbons (Fsp3) is 0.294. The first-order valence-electron chi connectivity index (χ1n) is 8.20. The minimum Gasteiger partial charge on any atom is -0.494 e. The highest BCUT2D eigenvalue weighted by Gasteiger charge is 2.26. The van der Waals surface area contributed by atoms with Crippen LogP contribution in [0, 0.1) is 5.82 Å². The largest absolute Gasteiger partial charge is 0.494 e. The molecule has 1 aliphatic heterocycles. The number of benzene rings is 2. The third-order valence-electron chi connectivity index (χ3n) is 4.19. The molecule has 1 fully saturated rings. The Morgan fingerprint density at radius 2 is 1.81 bits per heavy atom. The molecular weight excluding hydrogens is 395 g/mol. The first-order valence-corrected chi connectivity index (χ1v) is 11.3. The zero-order valence-electron chi connectivity index (χ0n) is 14.6. The van der Waals surface area contributed by atoms with E-state index in [1.807, 2.05) is 0 Å². The van der Waals surface area contributed by atoms with Crippen LogP contribution in [0.25, 0.3) is 0 Å². The van der Waals surface area contributed by atoms with E-state index in [-0.39, 0.29) is 22.1 Å². The molecular formula is C17H19FN2O5S2. The number of methoxy groups -OCH3 is 1. The van der Waals surface area contributed by atoms with Crippen molar-refractivity contribution in [3.05, 3.63) is 48.3 Å². The predicted molar refractivity (Wildman–Crippen MR) is 101 cm³/mol. The minimum absolute atomic E-state index is 0.0546. The number of ether oxygens (including phenoxy) is 1. The lowest BCUT2D eigenvalue weighted by atomic mass is 10.2. The number of rotatable bonds is 5. The molecule has 27 heavy (non-hydrogen) atoms. The molecule has 146 valence electrons. The SMILES string of the molecule is COc1ccc(S(=O)(=O)Nc2ccc(N3CCCCS3(=O)=O)cc2)cc1F. The van der Waals surface area contributed by atoms with Crippen LogP contribution in [0.5, 0.6) is 5.75 Å². The van der Waals surface area contributed by atoms with Gasteiger partial charge >= 0.3 is 0 Å². The summed E-state index contributed by atoms with van der Waals surface area (Å²) in [5.74, 6) is -0.739. The van der Waals surface area contributed by atoms with Crippen LogP contribution in [0.2, 0.25) is 0 Å². The molecule has 0 atom stereocenters. The molecule has 7 nitrogen and oxygen atoms in total. The Labute approximate surface area is 157 Å². The predicted octanol–water partition coefficient (Wildman–Crippen LogP) is 2.57. The molecule has 0 aromatic heterocycles. The van der Waals surface area contributed by atoms with E-state index in [9.17, 15) is 21.2 Å². The Hall–Kier alpha value is -2.33. The van der Waals surface area contributed by atoms with Crippen molar-refractivity contribution < 1.29 is 26.0 Å². The van der Waals surface area contributed by atoms with Crippen LogP contribution < -0.4 is 13.8 Å². The normalized spacial score (nSPS) is 16.7. The topological polar surface area (TPSA) is 92.8 Å². The van der Waals surface area contributed by atoms with Crippen LogP contribution in [0.4, 0.5) is 15.8 Å². The fourth-order valence-electron chi connectivity index (χ4n) is 2.80. The summed E-state index contributed by atoms with van der Waals surface area (Å²) >= 11 is 0. The maximum Gasteiger partial charge on any atom is 0.262 e. The van der Waals surface area contributed by atoms with Gasteiger partial charge in [-0.1, -0.05) is 0 Å². The molecule has 10 heteroatoms. The monoisotopic (exact) mass is 414 g/mol. The fourth-order valence-corrected chi connectivity index (χ4v) is 5.51. The first kappa shape index (κ1) is 19.4. The highest BCUT2D eigenvalue weighted by molar-refractivity contribution is 7.93. The molecule has 1 heterocycles. The van der Waals surface area contributed by atoms with E-state index < -0.39 is 25.9 Å².